The Morgan fingerprint density at radius 2 is 1.84 bits per heavy atom. The van der Waals surface area contributed by atoms with Crippen molar-refractivity contribution in [1.29, 1.82) is 0 Å². The van der Waals surface area contributed by atoms with E-state index in [0.29, 0.717) is 11.7 Å². The van der Waals surface area contributed by atoms with Crippen molar-refractivity contribution in [3.63, 3.8) is 0 Å². The molecule has 0 N–H and O–H groups in total. The summed E-state index contributed by atoms with van der Waals surface area (Å²) >= 11 is 5.13. The lowest BCUT2D eigenvalue weighted by Crippen LogP contribution is -2.12. The normalized spacial score (nSPS) is 16.8. The highest BCUT2D eigenvalue weighted by Gasteiger charge is 2.22. The molecule has 0 amide bonds. The first-order valence-electron chi connectivity index (χ1n) is 6.45. The third kappa shape index (κ3) is 2.95. The minimum Gasteiger partial charge on any atom is -0.300 e. The summed E-state index contributed by atoms with van der Waals surface area (Å²) < 4.78 is 1.08. The van der Waals surface area contributed by atoms with Crippen LogP contribution in [0.4, 0.5) is 0 Å². The van der Waals surface area contributed by atoms with Crippen LogP contribution in [0.3, 0.4) is 0 Å². The molecule has 0 unspecified atom stereocenters. The quantitative estimate of drug-likeness (QED) is 0.788. The predicted molar refractivity (Wildman–Crippen MR) is 81.5 cm³/mol. The second-order valence-electron chi connectivity index (χ2n) is 4.90. The molecule has 1 heterocycles. The highest BCUT2D eigenvalue weighted by atomic mass is 79.9. The van der Waals surface area contributed by atoms with E-state index < -0.39 is 0 Å². The summed E-state index contributed by atoms with van der Waals surface area (Å²) in [5.74, 6) is 0.873. The first-order valence-corrected chi connectivity index (χ1v) is 8.13. The van der Waals surface area contributed by atoms with Gasteiger partial charge in [0.05, 0.1) is 5.69 Å². The van der Waals surface area contributed by atoms with Gasteiger partial charge in [0.2, 0.25) is 0 Å². The van der Waals surface area contributed by atoms with E-state index in [4.69, 9.17) is 4.98 Å². The number of hydrogen-bond acceptors (Lipinski definition) is 3. The van der Waals surface area contributed by atoms with E-state index in [-0.39, 0.29) is 0 Å². The Balaban J connectivity index is 1.79. The van der Waals surface area contributed by atoms with E-state index in [0.717, 1.165) is 46.4 Å². The van der Waals surface area contributed by atoms with Gasteiger partial charge in [0.1, 0.15) is 10.8 Å². The van der Waals surface area contributed by atoms with Crippen LogP contribution in [0.15, 0.2) is 34.1 Å². The van der Waals surface area contributed by atoms with Crippen LogP contribution in [-0.4, -0.2) is 10.8 Å². The van der Waals surface area contributed by atoms with Crippen molar-refractivity contribution in [2.75, 3.05) is 0 Å². The molecule has 2 aromatic rings. The van der Waals surface area contributed by atoms with Crippen molar-refractivity contribution in [3.8, 4) is 10.6 Å². The molecule has 2 nitrogen and oxygen atoms in total. The van der Waals surface area contributed by atoms with Crippen molar-refractivity contribution < 1.29 is 4.79 Å². The molecule has 3 rings (SSSR count). The van der Waals surface area contributed by atoms with Crippen LogP contribution in [0, 0.1) is 0 Å². The van der Waals surface area contributed by atoms with Gasteiger partial charge >= 0.3 is 0 Å². The minimum absolute atomic E-state index is 0.402. The number of halogens is 1. The van der Waals surface area contributed by atoms with Gasteiger partial charge in [-0.25, -0.2) is 4.98 Å². The zero-order valence-electron chi connectivity index (χ0n) is 10.4. The molecule has 19 heavy (non-hydrogen) atoms. The van der Waals surface area contributed by atoms with Crippen molar-refractivity contribution >= 4 is 33.0 Å². The fraction of sp³-hybridized carbons (Fsp3) is 0.333. The number of benzene rings is 1. The standard InChI is InChI=1S/C15H14BrNOS/c16-12-5-1-11(2-6-12)15-17-14(9-19-15)10-3-7-13(18)8-4-10/h1-2,5-6,9-10H,3-4,7-8H2. The Kier molecular flexibility index (Phi) is 3.80. The number of carbonyl (C=O) groups is 1. The molecule has 4 heteroatoms. The van der Waals surface area contributed by atoms with E-state index in [2.05, 4.69) is 33.4 Å². The van der Waals surface area contributed by atoms with E-state index >= 15 is 0 Å². The number of aromatic nitrogens is 1. The van der Waals surface area contributed by atoms with Gasteiger partial charge in [-0.3, -0.25) is 4.79 Å². The molecule has 1 saturated carbocycles. The number of rotatable bonds is 2. The number of thiazole rings is 1. The maximum Gasteiger partial charge on any atom is 0.132 e. The molecule has 98 valence electrons. The summed E-state index contributed by atoms with van der Waals surface area (Å²) in [6.07, 6.45) is 3.36. The van der Waals surface area contributed by atoms with E-state index in [1.807, 2.05) is 12.1 Å². The molecule has 0 aliphatic heterocycles. The Morgan fingerprint density at radius 1 is 1.16 bits per heavy atom. The smallest absolute Gasteiger partial charge is 0.132 e. The van der Waals surface area contributed by atoms with Gasteiger partial charge in [-0.15, -0.1) is 11.3 Å². The van der Waals surface area contributed by atoms with Crippen molar-refractivity contribution in [2.45, 2.75) is 31.6 Å². The molecule has 1 aromatic heterocycles. The first kappa shape index (κ1) is 13.0. The lowest BCUT2D eigenvalue weighted by atomic mass is 9.87. The molecule has 0 saturated heterocycles. The Hall–Kier alpha value is -1.00. The van der Waals surface area contributed by atoms with E-state index in [1.165, 1.54) is 0 Å². The van der Waals surface area contributed by atoms with Gasteiger partial charge in [0.25, 0.3) is 0 Å². The summed E-state index contributed by atoms with van der Waals surface area (Å²) in [6, 6.07) is 8.24. The molecule has 1 aliphatic carbocycles. The van der Waals surface area contributed by atoms with Crippen molar-refractivity contribution in [3.05, 3.63) is 39.8 Å². The van der Waals surface area contributed by atoms with Gasteiger partial charge < -0.3 is 0 Å². The minimum atomic E-state index is 0.402. The van der Waals surface area contributed by atoms with Crippen LogP contribution in [0.2, 0.25) is 0 Å². The molecular weight excluding hydrogens is 322 g/mol. The number of carbonyl (C=O) groups excluding carboxylic acids is 1. The lowest BCUT2D eigenvalue weighted by Gasteiger charge is -2.18. The first-order chi connectivity index (χ1) is 9.22. The fourth-order valence-corrected chi connectivity index (χ4v) is 3.61. The number of nitrogens with zero attached hydrogens (tertiary/aromatic N) is 1. The number of Topliss-reactive ketones (excluding diaryl/α,β-unsaturated/α-hetero) is 1. The van der Waals surface area contributed by atoms with Crippen LogP contribution < -0.4 is 0 Å². The average Bonchev–Trinajstić information content (AvgIpc) is 2.90. The summed E-state index contributed by atoms with van der Waals surface area (Å²) in [4.78, 5) is 16.0. The van der Waals surface area contributed by atoms with Crippen LogP contribution in [0.25, 0.3) is 10.6 Å². The lowest BCUT2D eigenvalue weighted by molar-refractivity contribution is -0.120. The van der Waals surface area contributed by atoms with Crippen LogP contribution in [0.1, 0.15) is 37.3 Å². The van der Waals surface area contributed by atoms with Crippen molar-refractivity contribution in [1.82, 2.24) is 4.98 Å². The summed E-state index contributed by atoms with van der Waals surface area (Å²) in [7, 11) is 0. The summed E-state index contributed by atoms with van der Waals surface area (Å²) in [5.41, 5.74) is 2.32. The highest BCUT2D eigenvalue weighted by Crippen LogP contribution is 2.34. The predicted octanol–water partition coefficient (Wildman–Crippen LogP) is 4.80. The van der Waals surface area contributed by atoms with E-state index in [9.17, 15) is 4.79 Å². The van der Waals surface area contributed by atoms with Gasteiger partial charge in [0.15, 0.2) is 0 Å². The SMILES string of the molecule is O=C1CCC(c2csc(-c3ccc(Br)cc3)n2)CC1. The second kappa shape index (κ2) is 5.55. The highest BCUT2D eigenvalue weighted by molar-refractivity contribution is 9.10. The summed E-state index contributed by atoms with van der Waals surface area (Å²) in [5, 5.41) is 3.22. The molecule has 0 radical (unpaired) electrons. The second-order valence-corrected chi connectivity index (χ2v) is 6.67. The monoisotopic (exact) mass is 335 g/mol. The fourth-order valence-electron chi connectivity index (χ4n) is 2.43. The average molecular weight is 336 g/mol. The zero-order valence-corrected chi connectivity index (χ0v) is 12.8. The van der Waals surface area contributed by atoms with Gasteiger partial charge in [-0.2, -0.15) is 0 Å². The zero-order chi connectivity index (χ0) is 13.2. The molecular formula is C15H14BrNOS. The third-order valence-corrected chi connectivity index (χ3v) is 5.01. The topological polar surface area (TPSA) is 30.0 Å². The molecule has 1 fully saturated rings. The Labute approximate surface area is 125 Å². The Bertz CT molecular complexity index is 580. The van der Waals surface area contributed by atoms with E-state index in [1.54, 1.807) is 11.3 Å². The van der Waals surface area contributed by atoms with Crippen molar-refractivity contribution in [2.24, 2.45) is 0 Å². The van der Waals surface area contributed by atoms with Crippen LogP contribution in [0.5, 0.6) is 0 Å². The molecule has 0 spiro atoms. The molecule has 1 aliphatic rings. The maximum absolute atomic E-state index is 11.3. The van der Waals surface area contributed by atoms with Gasteiger partial charge in [0, 0.05) is 34.2 Å². The number of ketones is 1. The van der Waals surface area contributed by atoms with Crippen LogP contribution >= 0.6 is 27.3 Å². The summed E-state index contributed by atoms with van der Waals surface area (Å²) in [6.45, 7) is 0. The van der Waals surface area contributed by atoms with Gasteiger partial charge in [-0.1, -0.05) is 28.1 Å². The largest absolute Gasteiger partial charge is 0.300 e. The Morgan fingerprint density at radius 3 is 2.53 bits per heavy atom. The maximum atomic E-state index is 11.3. The molecule has 1 aromatic carbocycles. The van der Waals surface area contributed by atoms with Crippen LogP contribution in [-0.2, 0) is 4.79 Å². The van der Waals surface area contributed by atoms with Gasteiger partial charge in [-0.05, 0) is 25.0 Å². The molecule has 0 bridgehead atoms. The number of hydrogen-bond donors (Lipinski definition) is 0. The third-order valence-electron chi connectivity index (χ3n) is 3.57. The molecule has 0 atom stereocenters.